The van der Waals surface area contributed by atoms with Gasteiger partial charge in [-0.05, 0) is 80.3 Å². The molecule has 8 nitrogen and oxygen atoms in total. The molecule has 2 aromatic rings. The summed E-state index contributed by atoms with van der Waals surface area (Å²) in [6.07, 6.45) is 4.98. The van der Waals surface area contributed by atoms with Gasteiger partial charge in [-0.3, -0.25) is 9.32 Å². The van der Waals surface area contributed by atoms with E-state index in [2.05, 4.69) is 41.0 Å². The summed E-state index contributed by atoms with van der Waals surface area (Å²) in [4.78, 5) is 29.6. The minimum atomic E-state index is -4.50. The summed E-state index contributed by atoms with van der Waals surface area (Å²) in [6, 6.07) is 14.4. The van der Waals surface area contributed by atoms with Crippen molar-refractivity contribution in [3.63, 3.8) is 0 Å². The summed E-state index contributed by atoms with van der Waals surface area (Å²) in [7, 11) is -4.50. The molecule has 11 heteroatoms. The molecule has 0 unspecified atom stereocenters. The van der Waals surface area contributed by atoms with Crippen LogP contribution in [-0.2, 0) is 20.3 Å². The molecule has 0 spiro atoms. The van der Waals surface area contributed by atoms with E-state index in [4.69, 9.17) is 19.3 Å². The molecule has 2 aliphatic rings. The third-order valence-electron chi connectivity index (χ3n) is 6.52. The SMILES string of the molecule is Cc1ccccc1[C@@H]1CCc2cc(OC3CCC(C(=O)NCCOP(=O)(O)O)CC3)ccc2O1.[Na].[Na]. The predicted molar refractivity (Wildman–Crippen MR) is 138 cm³/mol. The fraction of sp³-hybridized carbons (Fsp3) is 0.480. The van der Waals surface area contributed by atoms with Crippen LogP contribution in [0.3, 0.4) is 0 Å². The summed E-state index contributed by atoms with van der Waals surface area (Å²) >= 11 is 0. The first kappa shape index (κ1) is 31.8. The van der Waals surface area contributed by atoms with Crippen LogP contribution in [0.2, 0.25) is 0 Å². The Hall–Kier alpha value is -0.380. The van der Waals surface area contributed by atoms with Crippen molar-refractivity contribution in [3.05, 3.63) is 59.2 Å². The Kier molecular flexibility index (Phi) is 13.0. The Labute approximate surface area is 256 Å². The number of amides is 1. The van der Waals surface area contributed by atoms with Gasteiger partial charge in [0.25, 0.3) is 0 Å². The number of carbonyl (C=O) groups excluding carboxylic acids is 1. The van der Waals surface area contributed by atoms with Crippen LogP contribution in [0.4, 0.5) is 0 Å². The molecule has 1 heterocycles. The second-order valence-electron chi connectivity index (χ2n) is 8.98. The van der Waals surface area contributed by atoms with E-state index >= 15 is 0 Å². The molecule has 0 aromatic heterocycles. The normalized spacial score (nSPS) is 21.1. The number of hydrogen-bond acceptors (Lipinski definition) is 5. The minimum absolute atomic E-state index is 0. The summed E-state index contributed by atoms with van der Waals surface area (Å²) in [5.41, 5.74) is 3.64. The van der Waals surface area contributed by atoms with Gasteiger partial charge in [-0.1, -0.05) is 24.3 Å². The summed E-state index contributed by atoms with van der Waals surface area (Å²) in [5.74, 6) is 1.52. The van der Waals surface area contributed by atoms with E-state index in [1.807, 2.05) is 18.2 Å². The van der Waals surface area contributed by atoms with Crippen LogP contribution in [0.15, 0.2) is 42.5 Å². The van der Waals surface area contributed by atoms with Gasteiger partial charge in [0.1, 0.15) is 17.6 Å². The molecule has 2 radical (unpaired) electrons. The van der Waals surface area contributed by atoms with Crippen LogP contribution in [0.25, 0.3) is 0 Å². The first-order chi connectivity index (χ1) is 16.3. The van der Waals surface area contributed by atoms with Gasteiger partial charge >= 0.3 is 7.82 Å². The zero-order chi connectivity index (χ0) is 24.1. The van der Waals surface area contributed by atoms with Crippen molar-refractivity contribution >= 4 is 72.8 Å². The zero-order valence-corrected chi connectivity index (χ0v) is 26.2. The number of hydrogen-bond donors (Lipinski definition) is 3. The third-order valence-corrected chi connectivity index (χ3v) is 7.04. The number of phosphoric acid groups is 1. The second kappa shape index (κ2) is 14.7. The van der Waals surface area contributed by atoms with E-state index in [1.165, 1.54) is 11.1 Å². The fourth-order valence-corrected chi connectivity index (χ4v) is 5.05. The Morgan fingerprint density at radius 1 is 1.08 bits per heavy atom. The van der Waals surface area contributed by atoms with Crippen molar-refractivity contribution < 1.29 is 33.1 Å². The zero-order valence-electron chi connectivity index (χ0n) is 21.3. The van der Waals surface area contributed by atoms with Crippen LogP contribution >= 0.6 is 7.82 Å². The number of fused-ring (bicyclic) bond motifs is 1. The molecular weight excluding hydrogens is 503 g/mol. The van der Waals surface area contributed by atoms with E-state index in [0.717, 1.165) is 42.7 Å². The van der Waals surface area contributed by atoms with Crippen LogP contribution in [0.5, 0.6) is 11.5 Å². The van der Waals surface area contributed by atoms with Gasteiger partial charge in [-0.15, -0.1) is 0 Å². The molecule has 1 saturated carbocycles. The molecule has 36 heavy (non-hydrogen) atoms. The van der Waals surface area contributed by atoms with Crippen LogP contribution in [-0.4, -0.2) is 94.1 Å². The van der Waals surface area contributed by atoms with Gasteiger partial charge in [0.2, 0.25) is 5.91 Å². The van der Waals surface area contributed by atoms with Crippen molar-refractivity contribution in [3.8, 4) is 11.5 Å². The van der Waals surface area contributed by atoms with Crippen LogP contribution < -0.4 is 14.8 Å². The minimum Gasteiger partial charge on any atom is -0.490 e. The van der Waals surface area contributed by atoms with Gasteiger partial charge in [0, 0.05) is 71.6 Å². The Morgan fingerprint density at radius 3 is 2.50 bits per heavy atom. The Balaban J connectivity index is 0.00000228. The molecule has 1 aliphatic carbocycles. The summed E-state index contributed by atoms with van der Waals surface area (Å²) < 4.78 is 27.5. The van der Waals surface area contributed by atoms with Crippen molar-refractivity contribution in [2.24, 2.45) is 5.92 Å². The van der Waals surface area contributed by atoms with Crippen LogP contribution in [0, 0.1) is 12.8 Å². The van der Waals surface area contributed by atoms with Crippen molar-refractivity contribution in [2.45, 2.75) is 57.7 Å². The van der Waals surface area contributed by atoms with Crippen LogP contribution in [0.1, 0.15) is 54.9 Å². The number of benzene rings is 2. The van der Waals surface area contributed by atoms with E-state index in [0.29, 0.717) is 12.8 Å². The largest absolute Gasteiger partial charge is 0.490 e. The Morgan fingerprint density at radius 2 is 1.81 bits per heavy atom. The number of ether oxygens (including phenoxy) is 2. The molecule has 1 aliphatic heterocycles. The second-order valence-corrected chi connectivity index (χ2v) is 10.2. The van der Waals surface area contributed by atoms with Gasteiger partial charge in [-0.2, -0.15) is 0 Å². The monoisotopic (exact) mass is 535 g/mol. The van der Waals surface area contributed by atoms with Gasteiger partial charge in [-0.25, -0.2) is 4.57 Å². The number of phosphoric ester groups is 1. The average Bonchev–Trinajstić information content (AvgIpc) is 2.81. The van der Waals surface area contributed by atoms with Crippen molar-refractivity contribution in [2.75, 3.05) is 13.2 Å². The molecular formula is C25H32NNa2O7P. The van der Waals surface area contributed by atoms with E-state index in [1.54, 1.807) is 0 Å². The smallest absolute Gasteiger partial charge is 0.469 e. The number of nitrogens with one attached hydrogen (secondary N) is 1. The molecule has 0 bridgehead atoms. The van der Waals surface area contributed by atoms with Gasteiger partial charge in [0.15, 0.2) is 0 Å². The quantitative estimate of drug-likeness (QED) is 0.270. The summed E-state index contributed by atoms with van der Waals surface area (Å²) in [6.45, 7) is 1.97. The predicted octanol–water partition coefficient (Wildman–Crippen LogP) is 3.46. The molecule has 4 rings (SSSR count). The van der Waals surface area contributed by atoms with Gasteiger partial charge < -0.3 is 24.6 Å². The molecule has 0 saturated heterocycles. The molecule has 1 amide bonds. The van der Waals surface area contributed by atoms with E-state index < -0.39 is 7.82 Å². The first-order valence-corrected chi connectivity index (χ1v) is 13.3. The molecule has 2 aromatic carbocycles. The summed E-state index contributed by atoms with van der Waals surface area (Å²) in [5, 5.41) is 2.68. The maximum Gasteiger partial charge on any atom is 0.469 e. The Bertz CT molecular complexity index is 1060. The standard InChI is InChI=1S/C25H32NO7P.2Na/c1-17-4-2-3-5-22(17)24-12-8-19-16-21(11-13-23(19)33-24)32-20-9-6-18(7-10-20)25(27)26-14-15-31-34(28,29)30;;/h2-5,11,13,16,18,20,24H,6-10,12,14-15H2,1H3,(H,26,27)(H2,28,29,30);;/t18?,20?,24-;;/m0../s1. The fourth-order valence-electron chi connectivity index (χ4n) is 4.72. The maximum absolute atomic E-state index is 12.3. The van der Waals surface area contributed by atoms with Gasteiger partial charge in [0.05, 0.1) is 12.7 Å². The van der Waals surface area contributed by atoms with E-state index in [9.17, 15) is 9.36 Å². The van der Waals surface area contributed by atoms with Crippen molar-refractivity contribution in [1.82, 2.24) is 5.32 Å². The van der Waals surface area contributed by atoms with E-state index in [-0.39, 0.29) is 96.3 Å². The maximum atomic E-state index is 12.3. The number of aryl methyl sites for hydroxylation is 2. The molecule has 1 atom stereocenters. The number of rotatable bonds is 8. The average molecular weight is 535 g/mol. The third kappa shape index (κ3) is 9.12. The van der Waals surface area contributed by atoms with Crippen molar-refractivity contribution in [1.29, 1.82) is 0 Å². The number of carbonyl (C=O) groups is 1. The molecule has 1 fully saturated rings. The molecule has 186 valence electrons. The molecule has 3 N–H and O–H groups in total. The first-order valence-electron chi connectivity index (χ1n) is 11.8. The topological polar surface area (TPSA) is 114 Å².